The summed E-state index contributed by atoms with van der Waals surface area (Å²) in [5.74, 6) is 0. The molecule has 80 valence electrons. The van der Waals surface area contributed by atoms with E-state index in [0.717, 1.165) is 25.9 Å². The molecule has 0 spiro atoms. The highest BCUT2D eigenvalue weighted by atomic mass is 16.3. The molecule has 3 N–H and O–H groups in total. The third kappa shape index (κ3) is 6.99. The largest absolute Gasteiger partial charge is 0.395 e. The summed E-state index contributed by atoms with van der Waals surface area (Å²) in [5, 5.41) is 15.6. The Labute approximate surface area is 81.9 Å². The minimum atomic E-state index is 0.236. The molecule has 2 atom stereocenters. The van der Waals surface area contributed by atoms with Crippen molar-refractivity contribution in [2.75, 3.05) is 19.7 Å². The summed E-state index contributed by atoms with van der Waals surface area (Å²) in [5.41, 5.74) is 0. The van der Waals surface area contributed by atoms with E-state index in [1.54, 1.807) is 0 Å². The molecule has 0 saturated heterocycles. The van der Waals surface area contributed by atoms with Crippen molar-refractivity contribution in [2.24, 2.45) is 0 Å². The predicted octanol–water partition coefficient (Wildman–Crippen LogP) is 0.735. The summed E-state index contributed by atoms with van der Waals surface area (Å²) in [6.45, 7) is 8.59. The molecular weight excluding hydrogens is 164 g/mol. The molecule has 3 nitrogen and oxygen atoms in total. The molecule has 0 rings (SSSR count). The van der Waals surface area contributed by atoms with Gasteiger partial charge in [0, 0.05) is 25.2 Å². The molecule has 0 saturated carbocycles. The first-order chi connectivity index (χ1) is 6.24. The van der Waals surface area contributed by atoms with Gasteiger partial charge in [-0.05, 0) is 19.8 Å². The van der Waals surface area contributed by atoms with Crippen LogP contribution in [-0.4, -0.2) is 36.9 Å². The zero-order valence-corrected chi connectivity index (χ0v) is 9.14. The van der Waals surface area contributed by atoms with Gasteiger partial charge in [0.2, 0.25) is 0 Å². The van der Waals surface area contributed by atoms with Gasteiger partial charge in [0.1, 0.15) is 0 Å². The third-order valence-corrected chi connectivity index (χ3v) is 2.38. The fourth-order valence-corrected chi connectivity index (χ4v) is 1.08. The molecule has 0 aliphatic heterocycles. The van der Waals surface area contributed by atoms with Crippen molar-refractivity contribution in [1.82, 2.24) is 10.6 Å². The minimum Gasteiger partial charge on any atom is -0.395 e. The number of nitrogens with one attached hydrogen (secondary N) is 2. The van der Waals surface area contributed by atoms with Crippen LogP contribution >= 0.6 is 0 Å². The topological polar surface area (TPSA) is 44.3 Å². The molecule has 0 heterocycles. The fraction of sp³-hybridized carbons (Fsp3) is 1.00. The molecule has 3 heteroatoms. The second-order valence-corrected chi connectivity index (χ2v) is 3.51. The highest BCUT2D eigenvalue weighted by Crippen LogP contribution is 1.88. The molecule has 0 aliphatic rings. The Bertz CT molecular complexity index is 105. The van der Waals surface area contributed by atoms with Crippen molar-refractivity contribution >= 4 is 0 Å². The average molecular weight is 188 g/mol. The van der Waals surface area contributed by atoms with Gasteiger partial charge < -0.3 is 15.7 Å². The smallest absolute Gasteiger partial charge is 0.0584 e. The van der Waals surface area contributed by atoms with Gasteiger partial charge in [-0.3, -0.25) is 0 Å². The van der Waals surface area contributed by atoms with E-state index < -0.39 is 0 Å². The van der Waals surface area contributed by atoms with E-state index in [9.17, 15) is 0 Å². The molecule has 0 radical (unpaired) electrons. The van der Waals surface area contributed by atoms with Crippen LogP contribution in [0.3, 0.4) is 0 Å². The standard InChI is InChI=1S/C10H24N2O/c1-4-9(3)11-6-7-12-10(5-2)8-13/h9-13H,4-8H2,1-3H3/t9?,10-/m0/s1. The molecule has 1 unspecified atom stereocenters. The first kappa shape index (κ1) is 12.9. The molecule has 13 heavy (non-hydrogen) atoms. The Morgan fingerprint density at radius 3 is 2.15 bits per heavy atom. The lowest BCUT2D eigenvalue weighted by Crippen LogP contribution is -2.39. The van der Waals surface area contributed by atoms with Crippen LogP contribution in [-0.2, 0) is 0 Å². The minimum absolute atomic E-state index is 0.236. The number of aliphatic hydroxyl groups excluding tert-OH is 1. The number of hydrogen-bond acceptors (Lipinski definition) is 3. The van der Waals surface area contributed by atoms with Gasteiger partial charge >= 0.3 is 0 Å². The quantitative estimate of drug-likeness (QED) is 0.492. The highest BCUT2D eigenvalue weighted by molar-refractivity contribution is 4.65. The van der Waals surface area contributed by atoms with E-state index in [1.807, 2.05) is 0 Å². The Morgan fingerprint density at radius 1 is 1.08 bits per heavy atom. The van der Waals surface area contributed by atoms with E-state index in [2.05, 4.69) is 31.4 Å². The van der Waals surface area contributed by atoms with Gasteiger partial charge in [0.15, 0.2) is 0 Å². The normalized spacial score (nSPS) is 15.7. The van der Waals surface area contributed by atoms with Crippen molar-refractivity contribution in [2.45, 2.75) is 45.7 Å². The van der Waals surface area contributed by atoms with Gasteiger partial charge in [-0.25, -0.2) is 0 Å². The molecule has 0 aliphatic carbocycles. The molecule has 0 aromatic heterocycles. The van der Waals surface area contributed by atoms with Gasteiger partial charge in [-0.15, -0.1) is 0 Å². The van der Waals surface area contributed by atoms with E-state index in [-0.39, 0.29) is 12.6 Å². The Morgan fingerprint density at radius 2 is 1.69 bits per heavy atom. The summed E-state index contributed by atoms with van der Waals surface area (Å²) in [7, 11) is 0. The van der Waals surface area contributed by atoms with Crippen LogP contribution in [0.15, 0.2) is 0 Å². The van der Waals surface area contributed by atoms with Crippen LogP contribution in [0, 0.1) is 0 Å². The molecule has 0 aromatic rings. The van der Waals surface area contributed by atoms with Gasteiger partial charge in [-0.1, -0.05) is 13.8 Å². The monoisotopic (exact) mass is 188 g/mol. The third-order valence-electron chi connectivity index (χ3n) is 2.38. The van der Waals surface area contributed by atoms with Crippen molar-refractivity contribution in [3.05, 3.63) is 0 Å². The Balaban J connectivity index is 3.23. The van der Waals surface area contributed by atoms with Crippen LogP contribution in [0.25, 0.3) is 0 Å². The molecule has 0 bridgehead atoms. The molecule has 0 aromatic carbocycles. The Hall–Kier alpha value is -0.120. The zero-order chi connectivity index (χ0) is 10.1. The van der Waals surface area contributed by atoms with Crippen molar-refractivity contribution in [3.8, 4) is 0 Å². The van der Waals surface area contributed by atoms with Crippen LogP contribution in [0.2, 0.25) is 0 Å². The highest BCUT2D eigenvalue weighted by Gasteiger charge is 2.02. The predicted molar refractivity (Wildman–Crippen MR) is 56.9 cm³/mol. The van der Waals surface area contributed by atoms with Crippen molar-refractivity contribution in [3.63, 3.8) is 0 Å². The van der Waals surface area contributed by atoms with Gasteiger partial charge in [0.05, 0.1) is 6.61 Å². The molecular formula is C10H24N2O. The van der Waals surface area contributed by atoms with Crippen LogP contribution in [0.1, 0.15) is 33.6 Å². The summed E-state index contributed by atoms with van der Waals surface area (Å²) in [6, 6.07) is 0.856. The SMILES string of the molecule is CCC(C)NCCN[C@@H](CC)CO. The first-order valence-electron chi connectivity index (χ1n) is 5.32. The number of hydrogen-bond donors (Lipinski definition) is 3. The maximum atomic E-state index is 8.90. The van der Waals surface area contributed by atoms with Crippen LogP contribution in [0.4, 0.5) is 0 Å². The fourth-order valence-electron chi connectivity index (χ4n) is 1.08. The summed E-state index contributed by atoms with van der Waals surface area (Å²) < 4.78 is 0. The lowest BCUT2D eigenvalue weighted by molar-refractivity contribution is 0.239. The van der Waals surface area contributed by atoms with Crippen molar-refractivity contribution in [1.29, 1.82) is 0 Å². The van der Waals surface area contributed by atoms with Gasteiger partial charge in [-0.2, -0.15) is 0 Å². The first-order valence-corrected chi connectivity index (χ1v) is 5.32. The number of aliphatic hydroxyl groups is 1. The lowest BCUT2D eigenvalue weighted by atomic mass is 10.2. The Kier molecular flexibility index (Phi) is 8.40. The van der Waals surface area contributed by atoms with Gasteiger partial charge in [0.25, 0.3) is 0 Å². The lowest BCUT2D eigenvalue weighted by Gasteiger charge is -2.16. The molecule has 0 amide bonds. The zero-order valence-electron chi connectivity index (χ0n) is 9.14. The summed E-state index contributed by atoms with van der Waals surface area (Å²) in [6.07, 6.45) is 2.15. The summed E-state index contributed by atoms with van der Waals surface area (Å²) in [4.78, 5) is 0. The number of rotatable bonds is 8. The van der Waals surface area contributed by atoms with E-state index >= 15 is 0 Å². The van der Waals surface area contributed by atoms with E-state index in [4.69, 9.17) is 5.11 Å². The average Bonchev–Trinajstić information content (AvgIpc) is 2.18. The molecule has 0 fully saturated rings. The second-order valence-electron chi connectivity index (χ2n) is 3.51. The maximum absolute atomic E-state index is 8.90. The second kappa shape index (κ2) is 8.48. The van der Waals surface area contributed by atoms with E-state index in [1.165, 1.54) is 0 Å². The van der Waals surface area contributed by atoms with Crippen molar-refractivity contribution < 1.29 is 5.11 Å². The summed E-state index contributed by atoms with van der Waals surface area (Å²) >= 11 is 0. The maximum Gasteiger partial charge on any atom is 0.0584 e. The van der Waals surface area contributed by atoms with Crippen LogP contribution in [0.5, 0.6) is 0 Å². The van der Waals surface area contributed by atoms with Crippen LogP contribution < -0.4 is 10.6 Å². The van der Waals surface area contributed by atoms with E-state index in [0.29, 0.717) is 6.04 Å².